The first-order valence-electron chi connectivity index (χ1n) is 4.90. The Bertz CT molecular complexity index is 277. The number of allylic oxidation sites excluding steroid dienone is 2. The molecule has 3 rings (SSSR count). The maximum absolute atomic E-state index is 10.3. The van der Waals surface area contributed by atoms with Crippen LogP contribution in [0.4, 0.5) is 0 Å². The number of rotatable bonds is 2. The van der Waals surface area contributed by atoms with Gasteiger partial charge in [0, 0.05) is 5.92 Å². The molecule has 0 saturated heterocycles. The molecule has 3 atom stereocenters. The van der Waals surface area contributed by atoms with E-state index in [9.17, 15) is 5.11 Å². The third-order valence-corrected chi connectivity index (χ3v) is 3.48. The molecular weight excluding hydrogens is 160 g/mol. The van der Waals surface area contributed by atoms with E-state index >= 15 is 0 Å². The highest BCUT2D eigenvalue weighted by Crippen LogP contribution is 2.47. The quantitative estimate of drug-likeness (QED) is 0.641. The van der Waals surface area contributed by atoms with Crippen molar-refractivity contribution in [2.45, 2.75) is 24.9 Å². The fraction of sp³-hybridized carbons (Fsp3) is 0.500. The zero-order chi connectivity index (χ0) is 9.47. The van der Waals surface area contributed by atoms with E-state index in [0.29, 0.717) is 5.92 Å². The van der Waals surface area contributed by atoms with Crippen LogP contribution in [0.3, 0.4) is 0 Å². The lowest BCUT2D eigenvalue weighted by Gasteiger charge is -2.45. The maximum Gasteiger partial charge on any atom is 0.0896 e. The van der Waals surface area contributed by atoms with E-state index in [-0.39, 0.29) is 5.92 Å². The van der Waals surface area contributed by atoms with Crippen molar-refractivity contribution >= 4 is 0 Å². The third kappa shape index (κ3) is 1.19. The molecule has 1 N–H and O–H groups in total. The molecular formula is C12H16O. The van der Waals surface area contributed by atoms with E-state index in [4.69, 9.17) is 0 Å². The van der Waals surface area contributed by atoms with Crippen LogP contribution in [-0.4, -0.2) is 10.7 Å². The molecule has 1 fully saturated rings. The zero-order valence-corrected chi connectivity index (χ0v) is 7.87. The molecule has 0 aromatic heterocycles. The highest BCUT2D eigenvalue weighted by Gasteiger charge is 2.43. The van der Waals surface area contributed by atoms with Crippen LogP contribution in [0.5, 0.6) is 0 Å². The SMILES string of the molecule is C=CC1=C[C@]2(O)CC[C@H]1CC2C=C. The first kappa shape index (κ1) is 8.76. The number of fused-ring (bicyclic) bond motifs is 2. The molecule has 1 unspecified atom stereocenters. The predicted molar refractivity (Wildman–Crippen MR) is 54.3 cm³/mol. The Morgan fingerprint density at radius 3 is 2.85 bits per heavy atom. The first-order chi connectivity index (χ1) is 6.19. The van der Waals surface area contributed by atoms with Crippen LogP contribution in [0.1, 0.15) is 19.3 Å². The average Bonchev–Trinajstić information content (AvgIpc) is 2.16. The van der Waals surface area contributed by atoms with Crippen molar-refractivity contribution in [1.82, 2.24) is 0 Å². The Morgan fingerprint density at radius 2 is 2.31 bits per heavy atom. The molecule has 0 aromatic carbocycles. The molecule has 0 spiro atoms. The minimum Gasteiger partial charge on any atom is -0.385 e. The van der Waals surface area contributed by atoms with Gasteiger partial charge in [-0.25, -0.2) is 0 Å². The molecule has 0 aromatic rings. The summed E-state index contributed by atoms with van der Waals surface area (Å²) in [6.07, 6.45) is 8.78. The molecule has 0 aliphatic heterocycles. The summed E-state index contributed by atoms with van der Waals surface area (Å²) in [5.41, 5.74) is 0.604. The van der Waals surface area contributed by atoms with Gasteiger partial charge in [-0.1, -0.05) is 18.7 Å². The summed E-state index contributed by atoms with van der Waals surface area (Å²) in [7, 11) is 0. The lowest BCUT2D eigenvalue weighted by Crippen LogP contribution is -2.44. The van der Waals surface area contributed by atoms with Gasteiger partial charge in [0.1, 0.15) is 0 Å². The summed E-state index contributed by atoms with van der Waals surface area (Å²) < 4.78 is 0. The monoisotopic (exact) mass is 176 g/mol. The summed E-state index contributed by atoms with van der Waals surface area (Å²) >= 11 is 0. The van der Waals surface area contributed by atoms with Crippen molar-refractivity contribution in [3.63, 3.8) is 0 Å². The zero-order valence-electron chi connectivity index (χ0n) is 7.87. The summed E-state index contributed by atoms with van der Waals surface area (Å²) in [6, 6.07) is 0. The van der Waals surface area contributed by atoms with Crippen LogP contribution in [-0.2, 0) is 0 Å². The van der Waals surface area contributed by atoms with Gasteiger partial charge in [-0.05, 0) is 36.8 Å². The molecule has 0 heterocycles. The molecule has 0 radical (unpaired) electrons. The van der Waals surface area contributed by atoms with Crippen LogP contribution >= 0.6 is 0 Å². The number of hydrogen-bond donors (Lipinski definition) is 1. The Kier molecular flexibility index (Phi) is 1.92. The van der Waals surface area contributed by atoms with E-state index in [1.807, 2.05) is 18.2 Å². The van der Waals surface area contributed by atoms with Crippen LogP contribution < -0.4 is 0 Å². The van der Waals surface area contributed by atoms with E-state index in [1.54, 1.807) is 0 Å². The van der Waals surface area contributed by atoms with Crippen molar-refractivity contribution in [1.29, 1.82) is 0 Å². The van der Waals surface area contributed by atoms with Crippen LogP contribution in [0, 0.1) is 11.8 Å². The Hall–Kier alpha value is -0.820. The molecule has 3 aliphatic carbocycles. The van der Waals surface area contributed by atoms with Gasteiger partial charge in [0.25, 0.3) is 0 Å². The second kappa shape index (κ2) is 2.85. The molecule has 3 aliphatic rings. The fourth-order valence-corrected chi connectivity index (χ4v) is 2.63. The van der Waals surface area contributed by atoms with Crippen LogP contribution in [0.15, 0.2) is 37.0 Å². The van der Waals surface area contributed by atoms with Gasteiger partial charge in [-0.3, -0.25) is 0 Å². The van der Waals surface area contributed by atoms with E-state index in [1.165, 1.54) is 5.57 Å². The molecule has 1 saturated carbocycles. The second-order valence-corrected chi connectivity index (χ2v) is 4.15. The van der Waals surface area contributed by atoms with E-state index < -0.39 is 5.60 Å². The van der Waals surface area contributed by atoms with Crippen molar-refractivity contribution in [3.05, 3.63) is 37.0 Å². The van der Waals surface area contributed by atoms with E-state index in [2.05, 4.69) is 13.2 Å². The first-order valence-corrected chi connectivity index (χ1v) is 4.90. The van der Waals surface area contributed by atoms with Gasteiger partial charge >= 0.3 is 0 Å². The Morgan fingerprint density at radius 1 is 1.54 bits per heavy atom. The van der Waals surface area contributed by atoms with Gasteiger partial charge in [0.15, 0.2) is 0 Å². The van der Waals surface area contributed by atoms with Gasteiger partial charge < -0.3 is 5.11 Å². The Labute approximate surface area is 79.5 Å². The van der Waals surface area contributed by atoms with E-state index in [0.717, 1.165) is 19.3 Å². The fourth-order valence-electron chi connectivity index (χ4n) is 2.63. The lowest BCUT2D eigenvalue weighted by molar-refractivity contribution is -0.00854. The topological polar surface area (TPSA) is 20.2 Å². The van der Waals surface area contributed by atoms with Gasteiger partial charge in [0.05, 0.1) is 5.60 Å². The molecule has 0 amide bonds. The largest absolute Gasteiger partial charge is 0.385 e. The molecule has 1 nitrogen and oxygen atoms in total. The summed E-state index contributed by atoms with van der Waals surface area (Å²) in [5, 5.41) is 10.3. The van der Waals surface area contributed by atoms with Crippen molar-refractivity contribution in [3.8, 4) is 0 Å². The molecule has 2 bridgehead atoms. The average molecular weight is 176 g/mol. The van der Waals surface area contributed by atoms with Gasteiger partial charge in [-0.15, -0.1) is 6.58 Å². The predicted octanol–water partition coefficient (Wildman–Crippen LogP) is 2.45. The second-order valence-electron chi connectivity index (χ2n) is 4.15. The smallest absolute Gasteiger partial charge is 0.0896 e. The van der Waals surface area contributed by atoms with Crippen LogP contribution in [0.25, 0.3) is 0 Å². The summed E-state index contributed by atoms with van der Waals surface area (Å²) in [6.45, 7) is 7.56. The van der Waals surface area contributed by atoms with Crippen molar-refractivity contribution in [2.75, 3.05) is 0 Å². The van der Waals surface area contributed by atoms with Crippen molar-refractivity contribution in [2.24, 2.45) is 11.8 Å². The molecule has 1 heteroatoms. The summed E-state index contributed by atoms with van der Waals surface area (Å²) in [4.78, 5) is 0. The lowest BCUT2D eigenvalue weighted by atomic mass is 9.63. The highest BCUT2D eigenvalue weighted by atomic mass is 16.3. The normalized spacial score (nSPS) is 42.7. The molecule has 13 heavy (non-hydrogen) atoms. The number of hydrogen-bond acceptors (Lipinski definition) is 1. The van der Waals surface area contributed by atoms with Crippen LogP contribution in [0.2, 0.25) is 0 Å². The van der Waals surface area contributed by atoms with Gasteiger partial charge in [-0.2, -0.15) is 0 Å². The maximum atomic E-state index is 10.3. The minimum absolute atomic E-state index is 0.245. The highest BCUT2D eigenvalue weighted by molar-refractivity contribution is 5.32. The summed E-state index contributed by atoms with van der Waals surface area (Å²) in [5.74, 6) is 0.851. The standard InChI is InChI=1S/C12H16O/c1-3-9-8-12(13)6-5-10(9)7-11(12)4-2/h3-4,8,10-11,13H,1-2,5-7H2/t10-,11?,12+/m0/s1. The van der Waals surface area contributed by atoms with Gasteiger partial charge in [0.2, 0.25) is 0 Å². The number of aliphatic hydroxyl groups is 1. The Balaban J connectivity index is 2.38. The minimum atomic E-state index is -0.625. The third-order valence-electron chi connectivity index (χ3n) is 3.48. The van der Waals surface area contributed by atoms with Crippen molar-refractivity contribution < 1.29 is 5.11 Å². The molecule has 70 valence electrons.